The van der Waals surface area contributed by atoms with E-state index in [2.05, 4.69) is 35.0 Å². The van der Waals surface area contributed by atoms with Gasteiger partial charge >= 0.3 is 0 Å². The van der Waals surface area contributed by atoms with Gasteiger partial charge < -0.3 is 10.5 Å². The van der Waals surface area contributed by atoms with Crippen molar-refractivity contribution in [3.8, 4) is 5.75 Å². The Kier molecular flexibility index (Phi) is 3.94. The van der Waals surface area contributed by atoms with Crippen LogP contribution in [0.3, 0.4) is 0 Å². The van der Waals surface area contributed by atoms with Gasteiger partial charge in [-0.1, -0.05) is 6.08 Å². The van der Waals surface area contributed by atoms with Crippen molar-refractivity contribution in [3.05, 3.63) is 55.1 Å². The van der Waals surface area contributed by atoms with Crippen molar-refractivity contribution in [2.45, 2.75) is 18.5 Å². The Morgan fingerprint density at radius 3 is 3.04 bits per heavy atom. The number of piperidine rings is 3. The molecule has 1 aromatic carbocycles. The highest BCUT2D eigenvalue weighted by molar-refractivity contribution is 5.84. The van der Waals surface area contributed by atoms with Crippen LogP contribution in [0.4, 0.5) is 0 Å². The van der Waals surface area contributed by atoms with Gasteiger partial charge in [0.1, 0.15) is 18.2 Å². The molecule has 0 spiro atoms. The lowest BCUT2D eigenvalue weighted by atomic mass is 9.73. The number of pyridine rings is 1. The second-order valence-corrected chi connectivity index (χ2v) is 6.87. The van der Waals surface area contributed by atoms with E-state index in [1.54, 1.807) is 7.11 Å². The van der Waals surface area contributed by atoms with Crippen molar-refractivity contribution >= 4 is 10.9 Å². The van der Waals surface area contributed by atoms with E-state index < -0.39 is 0 Å². The molecule has 5 atom stereocenters. The predicted octanol–water partition coefficient (Wildman–Crippen LogP) is 2.95. The standard InChI is InChI=1S/C20H24N3O/c1-3-13-12-23-9-7-14(13)10-19(23)20(21)16-6-8-22-18-5-4-15(24-2)11-17(16)18/h3-8,11,13-14,19-20H,1,9-10,12,21H2,2H3/q+1/t13?,14?,19?,20-/m0/s1. The molecular formula is C20H24N3O+. The third-order valence-electron chi connectivity index (χ3n) is 5.68. The van der Waals surface area contributed by atoms with E-state index in [9.17, 15) is 0 Å². The molecule has 4 heteroatoms. The van der Waals surface area contributed by atoms with Crippen molar-refractivity contribution in [2.24, 2.45) is 17.6 Å². The van der Waals surface area contributed by atoms with Crippen LogP contribution in [-0.2, 0) is 0 Å². The van der Waals surface area contributed by atoms with E-state index in [1.165, 1.54) is 0 Å². The molecule has 0 aliphatic carbocycles. The lowest BCUT2D eigenvalue weighted by Crippen LogP contribution is -2.56. The lowest BCUT2D eigenvalue weighted by molar-refractivity contribution is 0.0420. The summed E-state index contributed by atoms with van der Waals surface area (Å²) in [4.78, 5) is 6.98. The smallest absolute Gasteiger partial charge is 0.141 e. The van der Waals surface area contributed by atoms with Gasteiger partial charge in [0.25, 0.3) is 0 Å². The van der Waals surface area contributed by atoms with Gasteiger partial charge in [-0.05, 0) is 29.8 Å². The number of nitrogens with zero attached hydrogens (tertiary/aromatic N) is 2. The number of ether oxygens (including phenoxy) is 1. The van der Waals surface area contributed by atoms with Gasteiger partial charge in [-0.15, -0.1) is 6.58 Å². The zero-order chi connectivity index (χ0) is 16.7. The van der Waals surface area contributed by atoms with Crippen molar-refractivity contribution in [3.63, 3.8) is 0 Å². The van der Waals surface area contributed by atoms with Crippen molar-refractivity contribution in [2.75, 3.05) is 20.2 Å². The maximum Gasteiger partial charge on any atom is 0.141 e. The molecule has 2 bridgehead atoms. The van der Waals surface area contributed by atoms with Crippen LogP contribution in [0.2, 0.25) is 0 Å². The summed E-state index contributed by atoms with van der Waals surface area (Å²) < 4.78 is 5.39. The van der Waals surface area contributed by atoms with Crippen molar-refractivity contribution in [1.29, 1.82) is 0 Å². The molecule has 2 N–H and O–H groups in total. The maximum atomic E-state index is 6.75. The molecule has 0 amide bonds. The molecule has 2 aromatic rings. The van der Waals surface area contributed by atoms with Crippen LogP contribution in [0.15, 0.2) is 43.1 Å². The Morgan fingerprint density at radius 1 is 1.46 bits per heavy atom. The van der Waals surface area contributed by atoms with Crippen LogP contribution in [0.5, 0.6) is 5.75 Å². The molecule has 3 aliphatic heterocycles. The van der Waals surface area contributed by atoms with E-state index >= 15 is 0 Å². The number of benzene rings is 1. The van der Waals surface area contributed by atoms with E-state index in [0.29, 0.717) is 17.9 Å². The van der Waals surface area contributed by atoms with Crippen molar-refractivity contribution in [1.82, 2.24) is 9.88 Å². The van der Waals surface area contributed by atoms with E-state index in [0.717, 1.165) is 41.7 Å². The van der Waals surface area contributed by atoms with Crippen LogP contribution in [0, 0.1) is 18.3 Å². The molecule has 4 unspecified atom stereocenters. The first kappa shape index (κ1) is 15.5. The van der Waals surface area contributed by atoms with Gasteiger partial charge in [-0.3, -0.25) is 9.88 Å². The number of aromatic nitrogens is 1. The zero-order valence-electron chi connectivity index (χ0n) is 14.1. The summed E-state index contributed by atoms with van der Waals surface area (Å²) >= 11 is 0. The van der Waals surface area contributed by atoms with Crippen LogP contribution >= 0.6 is 0 Å². The topological polar surface area (TPSA) is 51.4 Å². The maximum absolute atomic E-state index is 6.75. The highest BCUT2D eigenvalue weighted by Gasteiger charge is 2.47. The number of methoxy groups -OCH3 is 1. The van der Waals surface area contributed by atoms with E-state index in [-0.39, 0.29) is 6.04 Å². The van der Waals surface area contributed by atoms with Crippen LogP contribution in [0.25, 0.3) is 10.9 Å². The number of hydrogen-bond donors (Lipinski definition) is 1. The predicted molar refractivity (Wildman–Crippen MR) is 96.7 cm³/mol. The minimum Gasteiger partial charge on any atom is -0.497 e. The normalized spacial score (nSPS) is 29.9. The van der Waals surface area contributed by atoms with Crippen LogP contribution in [-0.4, -0.2) is 36.1 Å². The van der Waals surface area contributed by atoms with Gasteiger partial charge in [0.05, 0.1) is 19.0 Å². The molecule has 4 heterocycles. The molecule has 0 radical (unpaired) electrons. The Hall–Kier alpha value is -2.04. The summed E-state index contributed by atoms with van der Waals surface area (Å²) in [6.45, 7) is 6.08. The number of hydrogen-bond acceptors (Lipinski definition) is 4. The molecule has 1 aromatic heterocycles. The van der Waals surface area contributed by atoms with Gasteiger partial charge in [0.15, 0.2) is 0 Å². The third-order valence-corrected chi connectivity index (χ3v) is 5.68. The molecule has 3 saturated heterocycles. The average molecular weight is 322 g/mol. The summed E-state index contributed by atoms with van der Waals surface area (Å²) in [5.41, 5.74) is 8.88. The second kappa shape index (κ2) is 6.11. The summed E-state index contributed by atoms with van der Waals surface area (Å²) in [5, 5.41) is 1.09. The zero-order valence-corrected chi connectivity index (χ0v) is 14.1. The lowest BCUT2D eigenvalue weighted by Gasteiger charge is -2.46. The fourth-order valence-corrected chi connectivity index (χ4v) is 4.29. The van der Waals surface area contributed by atoms with Gasteiger partial charge in [0.2, 0.25) is 0 Å². The molecule has 24 heavy (non-hydrogen) atoms. The highest BCUT2D eigenvalue weighted by atomic mass is 16.5. The molecule has 3 fully saturated rings. The second-order valence-electron chi connectivity index (χ2n) is 6.87. The Morgan fingerprint density at radius 2 is 2.33 bits per heavy atom. The van der Waals surface area contributed by atoms with Gasteiger partial charge in [-0.2, -0.15) is 0 Å². The largest absolute Gasteiger partial charge is 0.497 e. The van der Waals surface area contributed by atoms with Gasteiger partial charge in [0, 0.05) is 42.6 Å². The van der Waals surface area contributed by atoms with Crippen LogP contribution in [0.1, 0.15) is 18.0 Å². The van der Waals surface area contributed by atoms with Crippen LogP contribution < -0.4 is 10.5 Å². The number of rotatable bonds is 4. The first-order valence-corrected chi connectivity index (χ1v) is 8.59. The quantitative estimate of drug-likeness (QED) is 0.694. The molecule has 0 saturated carbocycles. The highest BCUT2D eigenvalue weighted by Crippen LogP contribution is 2.41. The third kappa shape index (κ3) is 2.46. The molecule has 5 rings (SSSR count). The summed E-state index contributed by atoms with van der Waals surface area (Å²) in [6, 6.07) is 8.40. The average Bonchev–Trinajstić information content (AvgIpc) is 2.66. The monoisotopic (exact) mass is 322 g/mol. The molecule has 4 nitrogen and oxygen atoms in total. The number of nitrogens with two attached hydrogens (primary N) is 1. The molecule has 124 valence electrons. The Labute approximate surface area is 143 Å². The van der Waals surface area contributed by atoms with Gasteiger partial charge in [-0.25, -0.2) is 0 Å². The summed E-state index contributed by atoms with van der Waals surface area (Å²) in [6.07, 6.45) is 7.49. The first-order chi connectivity index (χ1) is 11.7. The Balaban J connectivity index is 1.69. The molecule has 3 aliphatic rings. The first-order valence-electron chi connectivity index (χ1n) is 8.59. The SMILES string of the molecule is C=CC1CN2C[CH+]C1CC2[C@@H](N)c1ccnc2ccc(OC)cc12. The van der Waals surface area contributed by atoms with E-state index in [1.807, 2.05) is 24.4 Å². The fraction of sp³-hybridized carbons (Fsp3) is 0.400. The number of fused-ring (bicyclic) bond motifs is 4. The summed E-state index contributed by atoms with van der Waals surface area (Å²) in [5.74, 6) is 2.01. The fourth-order valence-electron chi connectivity index (χ4n) is 4.29. The molecular weight excluding hydrogens is 298 g/mol. The Bertz CT molecular complexity index is 760. The van der Waals surface area contributed by atoms with E-state index in [4.69, 9.17) is 10.5 Å². The minimum absolute atomic E-state index is 0.0235. The minimum atomic E-state index is -0.0235. The van der Waals surface area contributed by atoms with Crippen molar-refractivity contribution < 1.29 is 4.74 Å². The summed E-state index contributed by atoms with van der Waals surface area (Å²) in [7, 11) is 1.69.